The summed E-state index contributed by atoms with van der Waals surface area (Å²) in [6.45, 7) is 2.23. The summed E-state index contributed by atoms with van der Waals surface area (Å²) in [5.74, 6) is -0.805. The van der Waals surface area contributed by atoms with E-state index < -0.39 is 20.7 Å². The molecule has 0 saturated carbocycles. The Bertz CT molecular complexity index is 517. The van der Waals surface area contributed by atoms with Gasteiger partial charge in [0.1, 0.15) is 10.7 Å². The van der Waals surface area contributed by atoms with Crippen molar-refractivity contribution in [2.75, 3.05) is 26.0 Å². The third kappa shape index (κ3) is 3.66. The zero-order valence-electron chi connectivity index (χ0n) is 10.4. The number of nitrogens with two attached hydrogens (primary N) is 1. The number of hydrogen-bond donors (Lipinski definition) is 2. The maximum absolute atomic E-state index is 13.6. The second-order valence-electron chi connectivity index (χ2n) is 3.88. The number of methoxy groups -OCH3 is 1. The van der Waals surface area contributed by atoms with E-state index in [0.29, 0.717) is 18.6 Å². The number of nitrogens with one attached hydrogen (secondary N) is 1. The molecule has 3 N–H and O–H groups in total. The molecule has 0 aliphatic heterocycles. The van der Waals surface area contributed by atoms with Gasteiger partial charge < -0.3 is 10.5 Å². The largest absolute Gasteiger partial charge is 0.398 e. The quantitative estimate of drug-likeness (QED) is 0.600. The first kappa shape index (κ1) is 14.9. The Hall–Kier alpha value is -1.18. The van der Waals surface area contributed by atoms with Gasteiger partial charge in [0, 0.05) is 25.9 Å². The molecule has 1 rings (SSSR count). The van der Waals surface area contributed by atoms with Gasteiger partial charge in [-0.1, -0.05) is 0 Å². The third-order valence-electron chi connectivity index (χ3n) is 2.43. The minimum atomic E-state index is -3.87. The fourth-order valence-corrected chi connectivity index (χ4v) is 2.54. The molecule has 0 spiro atoms. The Labute approximate surface area is 106 Å². The molecule has 0 amide bonds. The smallest absolute Gasteiger partial charge is 0.243 e. The van der Waals surface area contributed by atoms with E-state index in [1.165, 1.54) is 7.11 Å². The number of aryl methyl sites for hydroxylation is 1. The van der Waals surface area contributed by atoms with Gasteiger partial charge in [-0.15, -0.1) is 0 Å². The summed E-state index contributed by atoms with van der Waals surface area (Å²) in [7, 11) is -2.35. The van der Waals surface area contributed by atoms with Gasteiger partial charge >= 0.3 is 0 Å². The van der Waals surface area contributed by atoms with Crippen molar-refractivity contribution in [1.82, 2.24) is 4.72 Å². The Morgan fingerprint density at radius 3 is 2.72 bits per heavy atom. The zero-order chi connectivity index (χ0) is 13.8. The molecule has 0 aliphatic rings. The van der Waals surface area contributed by atoms with Crippen LogP contribution in [-0.2, 0) is 14.8 Å². The normalized spacial score (nSPS) is 11.7. The van der Waals surface area contributed by atoms with Gasteiger partial charge in [0.05, 0.1) is 0 Å². The van der Waals surface area contributed by atoms with E-state index in [2.05, 4.69) is 4.72 Å². The highest BCUT2D eigenvalue weighted by atomic mass is 32.2. The molecule has 0 unspecified atom stereocenters. The monoisotopic (exact) mass is 276 g/mol. The minimum Gasteiger partial charge on any atom is -0.398 e. The first-order valence-electron chi connectivity index (χ1n) is 5.42. The average molecular weight is 276 g/mol. The topological polar surface area (TPSA) is 81.4 Å². The van der Waals surface area contributed by atoms with Gasteiger partial charge in [-0.2, -0.15) is 0 Å². The maximum Gasteiger partial charge on any atom is 0.243 e. The highest BCUT2D eigenvalue weighted by Crippen LogP contribution is 2.21. The number of benzene rings is 1. The second-order valence-corrected chi connectivity index (χ2v) is 5.62. The Morgan fingerprint density at radius 2 is 2.11 bits per heavy atom. The van der Waals surface area contributed by atoms with Gasteiger partial charge in [0.2, 0.25) is 10.0 Å². The second kappa shape index (κ2) is 6.12. The molecule has 5 nitrogen and oxygen atoms in total. The lowest BCUT2D eigenvalue weighted by molar-refractivity contribution is 0.196. The van der Waals surface area contributed by atoms with Crippen molar-refractivity contribution in [3.8, 4) is 0 Å². The van der Waals surface area contributed by atoms with Crippen LogP contribution in [0, 0.1) is 12.7 Å². The lowest BCUT2D eigenvalue weighted by atomic mass is 10.2. The molecule has 7 heteroatoms. The van der Waals surface area contributed by atoms with Crippen LogP contribution in [0.2, 0.25) is 0 Å². The lowest BCUT2D eigenvalue weighted by Gasteiger charge is -2.09. The number of ether oxygens (including phenoxy) is 1. The molecule has 0 aromatic heterocycles. The number of rotatable bonds is 6. The molecule has 0 radical (unpaired) electrons. The fourth-order valence-electron chi connectivity index (χ4n) is 1.38. The van der Waals surface area contributed by atoms with Crippen molar-refractivity contribution in [3.05, 3.63) is 23.5 Å². The van der Waals surface area contributed by atoms with Crippen LogP contribution in [0.1, 0.15) is 12.0 Å². The predicted molar refractivity (Wildman–Crippen MR) is 67.2 cm³/mol. The van der Waals surface area contributed by atoms with Crippen molar-refractivity contribution < 1.29 is 17.5 Å². The molecule has 102 valence electrons. The fraction of sp³-hybridized carbons (Fsp3) is 0.455. The van der Waals surface area contributed by atoms with Crippen molar-refractivity contribution in [2.24, 2.45) is 0 Å². The van der Waals surface area contributed by atoms with Crippen molar-refractivity contribution in [3.63, 3.8) is 0 Å². The van der Waals surface area contributed by atoms with E-state index in [-0.39, 0.29) is 12.2 Å². The molecule has 0 atom stereocenters. The molecular formula is C11H17FN2O3S. The van der Waals surface area contributed by atoms with Gasteiger partial charge in [-0.05, 0) is 31.0 Å². The number of halogens is 1. The average Bonchev–Trinajstić information content (AvgIpc) is 2.29. The molecule has 0 fully saturated rings. The number of anilines is 1. The van der Waals surface area contributed by atoms with Crippen LogP contribution in [0.25, 0.3) is 0 Å². The van der Waals surface area contributed by atoms with Crippen molar-refractivity contribution >= 4 is 15.7 Å². The van der Waals surface area contributed by atoms with Gasteiger partial charge in [-0.3, -0.25) is 0 Å². The molecule has 1 aromatic rings. The minimum absolute atomic E-state index is 0.184. The van der Waals surface area contributed by atoms with Crippen LogP contribution in [0.3, 0.4) is 0 Å². The molecule has 1 aromatic carbocycles. The molecular weight excluding hydrogens is 259 g/mol. The maximum atomic E-state index is 13.6. The van der Waals surface area contributed by atoms with E-state index >= 15 is 0 Å². The number of sulfonamides is 1. The Morgan fingerprint density at radius 1 is 1.44 bits per heavy atom. The summed E-state index contributed by atoms with van der Waals surface area (Å²) in [5, 5.41) is 0. The molecule has 0 heterocycles. The first-order chi connectivity index (χ1) is 8.38. The first-order valence-corrected chi connectivity index (χ1v) is 6.91. The van der Waals surface area contributed by atoms with E-state index in [4.69, 9.17) is 10.5 Å². The van der Waals surface area contributed by atoms with Crippen LogP contribution < -0.4 is 10.5 Å². The van der Waals surface area contributed by atoms with E-state index in [9.17, 15) is 12.8 Å². The van der Waals surface area contributed by atoms with Crippen molar-refractivity contribution in [1.29, 1.82) is 0 Å². The molecule has 0 bridgehead atoms. The van der Waals surface area contributed by atoms with Crippen LogP contribution in [0.4, 0.5) is 10.1 Å². The van der Waals surface area contributed by atoms with Crippen LogP contribution in [-0.4, -0.2) is 28.7 Å². The van der Waals surface area contributed by atoms with Gasteiger partial charge in [0.25, 0.3) is 0 Å². The lowest BCUT2D eigenvalue weighted by Crippen LogP contribution is -2.26. The predicted octanol–water partition coefficient (Wildman–Crippen LogP) is 1.03. The summed E-state index contributed by atoms with van der Waals surface area (Å²) in [4.78, 5) is -0.428. The summed E-state index contributed by atoms with van der Waals surface area (Å²) in [6, 6.07) is 2.24. The van der Waals surface area contributed by atoms with Crippen molar-refractivity contribution in [2.45, 2.75) is 18.2 Å². The highest BCUT2D eigenvalue weighted by Gasteiger charge is 2.19. The van der Waals surface area contributed by atoms with Gasteiger partial charge in [-0.25, -0.2) is 17.5 Å². The highest BCUT2D eigenvalue weighted by molar-refractivity contribution is 7.89. The number of nitrogen functional groups attached to an aromatic ring is 1. The standard InChI is InChI=1S/C11H17FN2O3S/c1-8-6-9(12)11(7-10(8)13)18(15,16)14-4-3-5-17-2/h6-7,14H,3-5,13H2,1-2H3. The molecule has 0 saturated heterocycles. The van der Waals surface area contributed by atoms with E-state index in [1.54, 1.807) is 6.92 Å². The number of hydrogen-bond acceptors (Lipinski definition) is 4. The summed E-state index contributed by atoms with van der Waals surface area (Å²) < 4.78 is 44.4. The van der Waals surface area contributed by atoms with Gasteiger partial charge in [0.15, 0.2) is 0 Å². The molecule has 18 heavy (non-hydrogen) atoms. The van der Waals surface area contributed by atoms with Crippen LogP contribution in [0.5, 0.6) is 0 Å². The summed E-state index contributed by atoms with van der Waals surface area (Å²) in [5.41, 5.74) is 6.33. The van der Waals surface area contributed by atoms with E-state index in [0.717, 1.165) is 12.1 Å². The third-order valence-corrected chi connectivity index (χ3v) is 3.90. The zero-order valence-corrected chi connectivity index (χ0v) is 11.2. The molecule has 0 aliphatic carbocycles. The summed E-state index contributed by atoms with van der Waals surface area (Å²) >= 11 is 0. The Kier molecular flexibility index (Phi) is 5.06. The summed E-state index contributed by atoms with van der Waals surface area (Å²) in [6.07, 6.45) is 0.513. The van der Waals surface area contributed by atoms with E-state index in [1.807, 2.05) is 0 Å². The Balaban J connectivity index is 2.88. The van der Waals surface area contributed by atoms with Crippen LogP contribution >= 0.6 is 0 Å². The van der Waals surface area contributed by atoms with Crippen LogP contribution in [0.15, 0.2) is 17.0 Å². The SMILES string of the molecule is COCCCNS(=O)(=O)c1cc(N)c(C)cc1F.